The topological polar surface area (TPSA) is 64.0 Å². The lowest BCUT2D eigenvalue weighted by Crippen LogP contribution is -2.26. The third-order valence-corrected chi connectivity index (χ3v) is 5.60. The van der Waals surface area contributed by atoms with Gasteiger partial charge in [-0.25, -0.2) is 18.1 Å². The molecule has 138 valence electrons. The van der Waals surface area contributed by atoms with E-state index in [1.54, 1.807) is 30.5 Å². The molecule has 1 N–H and O–H groups in total. The molecule has 0 aliphatic heterocycles. The van der Waals surface area contributed by atoms with E-state index in [4.69, 9.17) is 11.6 Å². The zero-order valence-electron chi connectivity index (χ0n) is 14.4. The quantitative estimate of drug-likeness (QED) is 0.563. The average Bonchev–Trinajstić information content (AvgIpc) is 3.08. The maximum Gasteiger partial charge on any atom is 0.215 e. The second-order valence-electron chi connectivity index (χ2n) is 6.20. The van der Waals surface area contributed by atoms with Gasteiger partial charge in [-0.1, -0.05) is 49.4 Å². The number of aromatic nitrogens is 2. The lowest BCUT2D eigenvalue weighted by molar-refractivity contribution is 0.545. The standard InChI is InChI=1S/C18H26ClN3O2S/c19-18-9-7-17(8-10-18)15-25(23,24)21-11-5-3-1-2-4-6-13-22-14-12-20-16-22/h7-10,12,14,16,21H,1-6,11,13,15H2. The van der Waals surface area contributed by atoms with Gasteiger partial charge in [0.2, 0.25) is 10.0 Å². The van der Waals surface area contributed by atoms with Crippen molar-refractivity contribution >= 4 is 21.6 Å². The molecule has 0 aliphatic carbocycles. The van der Waals surface area contributed by atoms with Crippen LogP contribution in [0, 0.1) is 0 Å². The van der Waals surface area contributed by atoms with Gasteiger partial charge in [-0.3, -0.25) is 0 Å². The summed E-state index contributed by atoms with van der Waals surface area (Å²) in [7, 11) is -3.28. The molecule has 25 heavy (non-hydrogen) atoms. The van der Waals surface area contributed by atoms with Gasteiger partial charge in [0.1, 0.15) is 0 Å². The number of unbranched alkanes of at least 4 members (excludes halogenated alkanes) is 5. The number of sulfonamides is 1. The number of aryl methyl sites for hydroxylation is 1. The first-order chi connectivity index (χ1) is 12.1. The normalized spacial score (nSPS) is 11.7. The molecular weight excluding hydrogens is 358 g/mol. The van der Waals surface area contributed by atoms with Crippen LogP contribution in [0.15, 0.2) is 43.0 Å². The molecule has 2 aromatic rings. The molecular formula is C18H26ClN3O2S. The zero-order chi connectivity index (χ0) is 18.0. The number of imidazole rings is 1. The Bertz CT molecular complexity index is 700. The molecule has 0 unspecified atom stereocenters. The second kappa shape index (κ2) is 10.6. The molecule has 0 radical (unpaired) electrons. The van der Waals surface area contributed by atoms with Gasteiger partial charge in [0.05, 0.1) is 12.1 Å². The van der Waals surface area contributed by atoms with E-state index in [0.717, 1.165) is 37.8 Å². The summed E-state index contributed by atoms with van der Waals surface area (Å²) >= 11 is 5.80. The van der Waals surface area contributed by atoms with Crippen molar-refractivity contribution < 1.29 is 8.42 Å². The van der Waals surface area contributed by atoms with Gasteiger partial charge < -0.3 is 4.57 Å². The average molecular weight is 384 g/mol. The molecule has 0 atom stereocenters. The lowest BCUT2D eigenvalue weighted by Gasteiger charge is -2.07. The number of rotatable bonds is 12. The van der Waals surface area contributed by atoms with Gasteiger partial charge in [-0.15, -0.1) is 0 Å². The van der Waals surface area contributed by atoms with Gasteiger partial charge in [-0.05, 0) is 30.5 Å². The fourth-order valence-electron chi connectivity index (χ4n) is 2.62. The van der Waals surface area contributed by atoms with Crippen molar-refractivity contribution in [3.8, 4) is 0 Å². The Morgan fingerprint density at radius 1 is 1.00 bits per heavy atom. The van der Waals surface area contributed by atoms with Crippen molar-refractivity contribution in [2.75, 3.05) is 6.54 Å². The Morgan fingerprint density at radius 2 is 1.68 bits per heavy atom. The number of hydrogen-bond donors (Lipinski definition) is 1. The van der Waals surface area contributed by atoms with Crippen LogP contribution in [-0.2, 0) is 22.3 Å². The van der Waals surface area contributed by atoms with Gasteiger partial charge in [0.15, 0.2) is 0 Å². The first kappa shape index (κ1) is 19.9. The summed E-state index contributed by atoms with van der Waals surface area (Å²) in [5, 5.41) is 0.610. The van der Waals surface area contributed by atoms with E-state index in [1.807, 2.05) is 12.5 Å². The van der Waals surface area contributed by atoms with Crippen molar-refractivity contribution in [3.63, 3.8) is 0 Å². The highest BCUT2D eigenvalue weighted by Gasteiger charge is 2.10. The van der Waals surface area contributed by atoms with Crippen LogP contribution in [0.25, 0.3) is 0 Å². The predicted molar refractivity (Wildman–Crippen MR) is 102 cm³/mol. The van der Waals surface area contributed by atoms with Crippen molar-refractivity contribution in [1.82, 2.24) is 14.3 Å². The number of nitrogens with zero attached hydrogens (tertiary/aromatic N) is 2. The molecule has 0 amide bonds. The largest absolute Gasteiger partial charge is 0.337 e. The van der Waals surface area contributed by atoms with Crippen LogP contribution in [0.1, 0.15) is 44.1 Å². The Kier molecular flexibility index (Phi) is 8.44. The summed E-state index contributed by atoms with van der Waals surface area (Å²) in [6.45, 7) is 1.52. The maximum absolute atomic E-state index is 12.0. The summed E-state index contributed by atoms with van der Waals surface area (Å²) in [5.74, 6) is -0.00157. The summed E-state index contributed by atoms with van der Waals surface area (Å²) in [6.07, 6.45) is 12.2. The van der Waals surface area contributed by atoms with Crippen LogP contribution in [0.3, 0.4) is 0 Å². The van der Waals surface area contributed by atoms with Crippen LogP contribution in [0.5, 0.6) is 0 Å². The summed E-state index contributed by atoms with van der Waals surface area (Å²) in [6, 6.07) is 6.90. The molecule has 1 aromatic carbocycles. The Hall–Kier alpha value is -1.37. The molecule has 2 rings (SSSR count). The Morgan fingerprint density at radius 3 is 2.36 bits per heavy atom. The van der Waals surface area contributed by atoms with Crippen molar-refractivity contribution in [1.29, 1.82) is 0 Å². The molecule has 1 heterocycles. The second-order valence-corrected chi connectivity index (χ2v) is 8.45. The predicted octanol–water partition coefficient (Wildman–Crippen LogP) is 4.00. The number of halogens is 1. The van der Waals surface area contributed by atoms with Crippen LogP contribution in [0.2, 0.25) is 5.02 Å². The molecule has 0 bridgehead atoms. The highest BCUT2D eigenvalue weighted by atomic mass is 35.5. The first-order valence-corrected chi connectivity index (χ1v) is 10.8. The molecule has 0 saturated heterocycles. The minimum absolute atomic E-state index is 0.00157. The molecule has 7 heteroatoms. The molecule has 0 spiro atoms. The van der Waals surface area contributed by atoms with Gasteiger partial charge in [0, 0.05) is 30.5 Å². The van der Waals surface area contributed by atoms with E-state index in [1.165, 1.54) is 12.8 Å². The fourth-order valence-corrected chi connectivity index (χ4v) is 3.94. The zero-order valence-corrected chi connectivity index (χ0v) is 16.0. The highest BCUT2D eigenvalue weighted by Crippen LogP contribution is 2.12. The molecule has 1 aromatic heterocycles. The monoisotopic (exact) mass is 383 g/mol. The van der Waals surface area contributed by atoms with Gasteiger partial charge in [0.25, 0.3) is 0 Å². The van der Waals surface area contributed by atoms with Crippen molar-refractivity contribution in [3.05, 3.63) is 53.6 Å². The lowest BCUT2D eigenvalue weighted by atomic mass is 10.1. The van der Waals surface area contributed by atoms with Gasteiger partial charge >= 0.3 is 0 Å². The van der Waals surface area contributed by atoms with Crippen LogP contribution < -0.4 is 4.72 Å². The van der Waals surface area contributed by atoms with E-state index in [0.29, 0.717) is 11.6 Å². The minimum atomic E-state index is -3.28. The smallest absolute Gasteiger partial charge is 0.215 e. The number of nitrogens with one attached hydrogen (secondary N) is 1. The summed E-state index contributed by atoms with van der Waals surface area (Å²) < 4.78 is 28.8. The van der Waals surface area contributed by atoms with E-state index < -0.39 is 10.0 Å². The first-order valence-electron chi connectivity index (χ1n) is 8.73. The Labute approximate surface area is 155 Å². The van der Waals surface area contributed by atoms with E-state index >= 15 is 0 Å². The summed E-state index contributed by atoms with van der Waals surface area (Å²) in [4.78, 5) is 4.02. The van der Waals surface area contributed by atoms with E-state index in [2.05, 4.69) is 14.3 Å². The number of hydrogen-bond acceptors (Lipinski definition) is 3. The van der Waals surface area contributed by atoms with Crippen molar-refractivity contribution in [2.24, 2.45) is 0 Å². The van der Waals surface area contributed by atoms with Crippen LogP contribution in [-0.4, -0.2) is 24.5 Å². The minimum Gasteiger partial charge on any atom is -0.337 e. The SMILES string of the molecule is O=S(=O)(Cc1ccc(Cl)cc1)NCCCCCCCCn1ccnc1. The summed E-state index contributed by atoms with van der Waals surface area (Å²) in [5.41, 5.74) is 0.745. The third kappa shape index (κ3) is 8.52. The molecule has 0 fully saturated rings. The maximum atomic E-state index is 12.0. The van der Waals surface area contributed by atoms with Gasteiger partial charge in [-0.2, -0.15) is 0 Å². The van der Waals surface area contributed by atoms with Crippen molar-refractivity contribution in [2.45, 2.75) is 50.8 Å². The van der Waals surface area contributed by atoms with Crippen LogP contribution >= 0.6 is 11.6 Å². The molecule has 0 saturated carbocycles. The highest BCUT2D eigenvalue weighted by molar-refractivity contribution is 7.88. The van der Waals surface area contributed by atoms with Crippen LogP contribution in [0.4, 0.5) is 0 Å². The van der Waals surface area contributed by atoms with E-state index in [-0.39, 0.29) is 5.75 Å². The van der Waals surface area contributed by atoms with E-state index in [9.17, 15) is 8.42 Å². The molecule has 5 nitrogen and oxygen atoms in total. The third-order valence-electron chi connectivity index (χ3n) is 3.99. The fraction of sp³-hybridized carbons (Fsp3) is 0.500. The Balaban J connectivity index is 1.49. The molecule has 0 aliphatic rings. The number of benzene rings is 1.